The minimum absolute atomic E-state index is 0.288. The highest BCUT2D eigenvalue weighted by Crippen LogP contribution is 2.27. The minimum Gasteiger partial charge on any atom is -0.393 e. The molecule has 0 amide bonds. The number of rotatable bonds is 7. The number of halogens is 1. The fraction of sp³-hybridized carbons (Fsp3) is 0.312. The zero-order valence-electron chi connectivity index (χ0n) is 13.2. The summed E-state index contributed by atoms with van der Waals surface area (Å²) >= 11 is 7.66. The van der Waals surface area contributed by atoms with Gasteiger partial charge >= 0.3 is 0 Å². The molecular weight excluding hydrogens is 330 g/mol. The fourth-order valence-corrected chi connectivity index (χ4v) is 2.79. The number of aliphatic imine (C=N–C) groups is 1. The van der Waals surface area contributed by atoms with Crippen LogP contribution in [0.4, 0.5) is 11.5 Å². The lowest BCUT2D eigenvalue weighted by molar-refractivity contribution is 0.953. The first-order valence-corrected chi connectivity index (χ1v) is 8.71. The van der Waals surface area contributed by atoms with Gasteiger partial charge in [0.15, 0.2) is 16.1 Å². The van der Waals surface area contributed by atoms with E-state index in [-0.39, 0.29) is 5.15 Å². The maximum Gasteiger partial charge on any atom is 0.191 e. The van der Waals surface area contributed by atoms with E-state index in [1.165, 1.54) is 0 Å². The zero-order valence-corrected chi connectivity index (χ0v) is 14.8. The minimum atomic E-state index is 0.288. The number of aromatic nitrogens is 2. The molecular formula is C16H20ClN5S. The summed E-state index contributed by atoms with van der Waals surface area (Å²) in [5.41, 5.74) is 8.53. The number of nitrogen functional groups attached to an aromatic ring is 1. The fourth-order valence-electron chi connectivity index (χ4n) is 1.87. The van der Waals surface area contributed by atoms with Gasteiger partial charge in [0.05, 0.1) is 0 Å². The second-order valence-corrected chi connectivity index (χ2v) is 6.31. The molecule has 0 saturated heterocycles. The highest BCUT2D eigenvalue weighted by Gasteiger charge is 2.10. The molecule has 0 bridgehead atoms. The first-order valence-electron chi connectivity index (χ1n) is 7.34. The van der Waals surface area contributed by atoms with Gasteiger partial charge in [0.25, 0.3) is 0 Å². The molecule has 0 aliphatic carbocycles. The maximum absolute atomic E-state index is 6.09. The number of nitrogens with zero attached hydrogens (tertiary/aromatic N) is 3. The van der Waals surface area contributed by atoms with Crippen molar-refractivity contribution in [3.8, 4) is 0 Å². The average Bonchev–Trinajstić information content (AvgIpc) is 2.56. The topological polar surface area (TPSA) is 76.2 Å². The van der Waals surface area contributed by atoms with Crippen LogP contribution in [0.15, 0.2) is 34.4 Å². The molecule has 1 aromatic heterocycles. The molecule has 0 atom stereocenters. The van der Waals surface area contributed by atoms with Gasteiger partial charge in [0, 0.05) is 25.6 Å². The van der Waals surface area contributed by atoms with E-state index in [1.807, 2.05) is 30.5 Å². The number of hydrogen-bond acceptors (Lipinski definition) is 6. The summed E-state index contributed by atoms with van der Waals surface area (Å²) < 4.78 is 0. The molecule has 122 valence electrons. The molecule has 7 heteroatoms. The van der Waals surface area contributed by atoms with Crippen LogP contribution in [0, 0.1) is 0 Å². The summed E-state index contributed by atoms with van der Waals surface area (Å²) in [6.07, 6.45) is 2.86. The monoisotopic (exact) mass is 349 g/mol. The van der Waals surface area contributed by atoms with Crippen molar-refractivity contribution in [1.29, 1.82) is 0 Å². The molecule has 0 aliphatic heterocycles. The highest BCUT2D eigenvalue weighted by molar-refractivity contribution is 7.99. The quantitative estimate of drug-likeness (QED) is 0.343. The number of benzene rings is 1. The molecule has 0 aliphatic rings. The van der Waals surface area contributed by atoms with Gasteiger partial charge in [0.1, 0.15) is 5.69 Å². The Morgan fingerprint density at radius 2 is 2.04 bits per heavy atom. The molecule has 2 rings (SSSR count). The third-order valence-corrected chi connectivity index (χ3v) is 4.37. The molecule has 5 nitrogen and oxygen atoms in total. The highest BCUT2D eigenvalue weighted by atomic mass is 35.5. The van der Waals surface area contributed by atoms with Crippen LogP contribution in [0.1, 0.15) is 24.5 Å². The third-order valence-electron chi connectivity index (χ3n) is 3.03. The van der Waals surface area contributed by atoms with Gasteiger partial charge in [-0.05, 0) is 17.5 Å². The van der Waals surface area contributed by atoms with E-state index in [9.17, 15) is 0 Å². The Morgan fingerprint density at radius 1 is 1.30 bits per heavy atom. The van der Waals surface area contributed by atoms with Gasteiger partial charge in [-0.2, -0.15) is 0 Å². The van der Waals surface area contributed by atoms with Crippen LogP contribution >= 0.6 is 23.4 Å². The van der Waals surface area contributed by atoms with Crippen molar-refractivity contribution in [2.75, 3.05) is 23.9 Å². The Bertz CT molecular complexity index is 673. The van der Waals surface area contributed by atoms with Gasteiger partial charge in [-0.1, -0.05) is 54.6 Å². The summed E-state index contributed by atoms with van der Waals surface area (Å²) in [5, 5.41) is 4.16. The van der Waals surface area contributed by atoms with E-state index in [4.69, 9.17) is 17.3 Å². The Kier molecular flexibility index (Phi) is 6.67. The number of nitrogens with one attached hydrogen (secondary N) is 1. The summed E-state index contributed by atoms with van der Waals surface area (Å²) in [7, 11) is 1.76. The van der Waals surface area contributed by atoms with E-state index in [1.54, 1.807) is 18.8 Å². The first-order chi connectivity index (χ1) is 11.1. The number of thioether (sulfide) groups is 1. The van der Waals surface area contributed by atoms with E-state index < -0.39 is 0 Å². The number of anilines is 2. The van der Waals surface area contributed by atoms with Gasteiger partial charge in [-0.25, -0.2) is 9.97 Å². The van der Waals surface area contributed by atoms with Crippen LogP contribution < -0.4 is 11.1 Å². The summed E-state index contributed by atoms with van der Waals surface area (Å²) in [4.78, 5) is 12.6. The van der Waals surface area contributed by atoms with E-state index in [0.29, 0.717) is 23.2 Å². The van der Waals surface area contributed by atoms with Crippen molar-refractivity contribution < 1.29 is 0 Å². The third kappa shape index (κ3) is 5.11. The van der Waals surface area contributed by atoms with Crippen molar-refractivity contribution in [2.24, 2.45) is 4.99 Å². The lowest BCUT2D eigenvalue weighted by atomic mass is 10.1. The van der Waals surface area contributed by atoms with Gasteiger partial charge in [0.2, 0.25) is 0 Å². The van der Waals surface area contributed by atoms with Crippen LogP contribution in [0.5, 0.6) is 0 Å². The smallest absolute Gasteiger partial charge is 0.191 e. The van der Waals surface area contributed by atoms with Gasteiger partial charge in [-0.15, -0.1) is 0 Å². The van der Waals surface area contributed by atoms with Crippen molar-refractivity contribution in [3.05, 3.63) is 40.5 Å². The molecule has 2 aromatic rings. The van der Waals surface area contributed by atoms with Crippen molar-refractivity contribution >= 4 is 41.1 Å². The Hall–Kier alpha value is -1.79. The molecule has 0 spiro atoms. The lowest BCUT2D eigenvalue weighted by Gasteiger charge is -2.11. The molecule has 0 radical (unpaired) electrons. The first kappa shape index (κ1) is 17.6. The van der Waals surface area contributed by atoms with Crippen molar-refractivity contribution in [3.63, 3.8) is 0 Å². The van der Waals surface area contributed by atoms with Crippen LogP contribution in [-0.4, -0.2) is 29.0 Å². The van der Waals surface area contributed by atoms with Crippen LogP contribution in [0.3, 0.4) is 0 Å². The predicted molar refractivity (Wildman–Crippen MR) is 99.8 cm³/mol. The Balaban J connectivity index is 2.08. The summed E-state index contributed by atoms with van der Waals surface area (Å²) in [5.74, 6) is 1.52. The SMILES string of the molecule is CCCSc1nc(Cl)c(N)c(NCc2ccc(C=NC)cc2)n1. The zero-order chi connectivity index (χ0) is 16.7. The molecule has 23 heavy (non-hydrogen) atoms. The second-order valence-electron chi connectivity index (χ2n) is 4.89. The van der Waals surface area contributed by atoms with Gasteiger partial charge in [-0.3, -0.25) is 4.99 Å². The Morgan fingerprint density at radius 3 is 2.70 bits per heavy atom. The average molecular weight is 350 g/mol. The van der Waals surface area contributed by atoms with E-state index in [0.717, 1.165) is 23.3 Å². The standard InChI is InChI=1S/C16H20ClN5S/c1-3-8-23-16-21-14(17)13(18)15(22-16)20-10-12-6-4-11(5-7-12)9-19-2/h4-7,9H,3,8,10,18H2,1-2H3,(H,20,21,22). The summed E-state index contributed by atoms with van der Waals surface area (Å²) in [6.45, 7) is 2.72. The van der Waals surface area contributed by atoms with E-state index in [2.05, 4.69) is 27.2 Å². The molecule has 0 fully saturated rings. The van der Waals surface area contributed by atoms with Crippen molar-refractivity contribution in [2.45, 2.75) is 25.0 Å². The summed E-state index contributed by atoms with van der Waals surface area (Å²) in [6, 6.07) is 8.11. The number of hydrogen-bond donors (Lipinski definition) is 2. The maximum atomic E-state index is 6.09. The largest absolute Gasteiger partial charge is 0.393 e. The molecule has 0 saturated carbocycles. The van der Waals surface area contributed by atoms with Crippen LogP contribution in [0.2, 0.25) is 5.15 Å². The number of nitrogens with two attached hydrogens (primary N) is 1. The molecule has 3 N–H and O–H groups in total. The van der Waals surface area contributed by atoms with E-state index >= 15 is 0 Å². The van der Waals surface area contributed by atoms with Crippen LogP contribution in [0.25, 0.3) is 0 Å². The molecule has 1 aromatic carbocycles. The Labute approximate surface area is 145 Å². The second kappa shape index (κ2) is 8.74. The van der Waals surface area contributed by atoms with Gasteiger partial charge < -0.3 is 11.1 Å². The lowest BCUT2D eigenvalue weighted by Crippen LogP contribution is -2.07. The van der Waals surface area contributed by atoms with Crippen LogP contribution in [-0.2, 0) is 6.54 Å². The van der Waals surface area contributed by atoms with Crippen molar-refractivity contribution in [1.82, 2.24) is 9.97 Å². The normalized spacial score (nSPS) is 11.1. The molecule has 0 unspecified atom stereocenters. The predicted octanol–water partition coefficient (Wildman–Crippen LogP) is 3.88. The molecule has 1 heterocycles.